The lowest BCUT2D eigenvalue weighted by Gasteiger charge is -2.35. The van der Waals surface area contributed by atoms with Gasteiger partial charge in [0.15, 0.2) is 11.5 Å². The lowest BCUT2D eigenvalue weighted by molar-refractivity contribution is 0.0746. The molecule has 1 amide bonds. The smallest absolute Gasteiger partial charge is 0.254 e. The molecular weight excluding hydrogens is 424 g/mol. The molecule has 1 fully saturated rings. The molecule has 0 saturated carbocycles. The van der Waals surface area contributed by atoms with Gasteiger partial charge in [0.1, 0.15) is 12.4 Å². The van der Waals surface area contributed by atoms with Crippen molar-refractivity contribution in [3.8, 4) is 11.5 Å². The van der Waals surface area contributed by atoms with E-state index in [0.717, 1.165) is 11.5 Å². The molecule has 4 rings (SSSR count). The van der Waals surface area contributed by atoms with Gasteiger partial charge in [-0.15, -0.1) is 11.3 Å². The summed E-state index contributed by atoms with van der Waals surface area (Å²) in [5, 5.41) is 2.55. The molecule has 7 nitrogen and oxygen atoms in total. The van der Waals surface area contributed by atoms with Crippen LogP contribution in [-0.2, 0) is 6.61 Å². The fourth-order valence-corrected chi connectivity index (χ4v) is 3.91. The number of carbonyl (C=O) groups is 1. The van der Waals surface area contributed by atoms with E-state index in [9.17, 15) is 4.79 Å². The Morgan fingerprint density at radius 1 is 1.13 bits per heavy atom. The van der Waals surface area contributed by atoms with Crippen LogP contribution in [0.1, 0.15) is 16.1 Å². The highest BCUT2D eigenvalue weighted by Crippen LogP contribution is 2.29. The van der Waals surface area contributed by atoms with E-state index in [1.807, 2.05) is 22.4 Å². The molecule has 0 atom stereocenters. The van der Waals surface area contributed by atoms with Crippen molar-refractivity contribution >= 4 is 34.7 Å². The maximum atomic E-state index is 13.0. The van der Waals surface area contributed by atoms with E-state index >= 15 is 0 Å². The standard InChI is InChI=1S/C21H21ClN4O3S/c1-28-19-10-15(2-4-18(19)29-12-17-13-30-14-24-17)21(27)26-8-6-25(7-9-26)20-5-3-16(22)11-23-20/h2-5,10-11,13-14H,6-9,12H2,1H3. The molecule has 9 heteroatoms. The summed E-state index contributed by atoms with van der Waals surface area (Å²) in [5.41, 5.74) is 3.20. The Balaban J connectivity index is 1.39. The Kier molecular flexibility index (Phi) is 6.35. The van der Waals surface area contributed by atoms with Crippen LogP contribution in [0.15, 0.2) is 47.4 Å². The van der Waals surface area contributed by atoms with Crippen LogP contribution in [-0.4, -0.2) is 54.1 Å². The van der Waals surface area contributed by atoms with Crippen LogP contribution < -0.4 is 14.4 Å². The van der Waals surface area contributed by atoms with E-state index in [0.29, 0.717) is 54.9 Å². The summed E-state index contributed by atoms with van der Waals surface area (Å²) < 4.78 is 11.2. The first-order valence-corrected chi connectivity index (χ1v) is 10.8. The van der Waals surface area contributed by atoms with Gasteiger partial charge < -0.3 is 19.3 Å². The molecule has 1 aliphatic heterocycles. The van der Waals surface area contributed by atoms with Gasteiger partial charge in [-0.1, -0.05) is 11.6 Å². The zero-order valence-electron chi connectivity index (χ0n) is 16.5. The topological polar surface area (TPSA) is 67.8 Å². The molecule has 30 heavy (non-hydrogen) atoms. The van der Waals surface area contributed by atoms with Crippen molar-refractivity contribution in [3.63, 3.8) is 0 Å². The number of aromatic nitrogens is 2. The van der Waals surface area contributed by atoms with E-state index in [1.54, 1.807) is 37.0 Å². The largest absolute Gasteiger partial charge is 0.493 e. The molecule has 1 aromatic carbocycles. The van der Waals surface area contributed by atoms with E-state index in [-0.39, 0.29) is 5.91 Å². The van der Waals surface area contributed by atoms with Crippen LogP contribution >= 0.6 is 22.9 Å². The number of nitrogens with zero attached hydrogens (tertiary/aromatic N) is 4. The van der Waals surface area contributed by atoms with Gasteiger partial charge in [0.05, 0.1) is 23.3 Å². The fraction of sp³-hybridized carbons (Fsp3) is 0.286. The number of pyridine rings is 1. The first kappa shape index (κ1) is 20.4. The van der Waals surface area contributed by atoms with Gasteiger partial charge in [-0.25, -0.2) is 9.97 Å². The number of thiazole rings is 1. The molecule has 0 aliphatic carbocycles. The second-order valence-corrected chi connectivity index (χ2v) is 7.90. The van der Waals surface area contributed by atoms with Crippen LogP contribution in [0, 0.1) is 0 Å². The number of benzene rings is 1. The lowest BCUT2D eigenvalue weighted by atomic mass is 10.1. The quantitative estimate of drug-likeness (QED) is 0.577. The number of methoxy groups -OCH3 is 1. The molecule has 2 aromatic heterocycles. The highest BCUT2D eigenvalue weighted by Gasteiger charge is 2.23. The summed E-state index contributed by atoms with van der Waals surface area (Å²) in [6.45, 7) is 3.02. The summed E-state index contributed by atoms with van der Waals surface area (Å²) in [6, 6.07) is 8.99. The summed E-state index contributed by atoms with van der Waals surface area (Å²) in [6.07, 6.45) is 1.64. The third-order valence-electron chi connectivity index (χ3n) is 4.87. The number of piperazine rings is 1. The fourth-order valence-electron chi connectivity index (χ4n) is 3.26. The highest BCUT2D eigenvalue weighted by molar-refractivity contribution is 7.07. The van der Waals surface area contributed by atoms with Gasteiger partial charge >= 0.3 is 0 Å². The second kappa shape index (κ2) is 9.32. The van der Waals surface area contributed by atoms with Gasteiger partial charge in [-0.3, -0.25) is 4.79 Å². The number of rotatable bonds is 6. The minimum Gasteiger partial charge on any atom is -0.493 e. The third kappa shape index (κ3) is 4.66. The van der Waals surface area contributed by atoms with Gasteiger partial charge in [-0.05, 0) is 30.3 Å². The van der Waals surface area contributed by atoms with Gasteiger partial charge in [0.2, 0.25) is 0 Å². The van der Waals surface area contributed by atoms with Gasteiger partial charge in [0.25, 0.3) is 5.91 Å². The summed E-state index contributed by atoms with van der Waals surface area (Å²) >= 11 is 7.43. The lowest BCUT2D eigenvalue weighted by Crippen LogP contribution is -2.49. The number of carbonyl (C=O) groups excluding carboxylic acids is 1. The minimum atomic E-state index is -0.0249. The zero-order chi connectivity index (χ0) is 20.9. The third-order valence-corrected chi connectivity index (χ3v) is 5.73. The average molecular weight is 445 g/mol. The summed E-state index contributed by atoms with van der Waals surface area (Å²) in [7, 11) is 1.57. The monoisotopic (exact) mass is 444 g/mol. The SMILES string of the molecule is COc1cc(C(=O)N2CCN(c3ccc(Cl)cn3)CC2)ccc1OCc1cscn1. The molecule has 3 heterocycles. The van der Waals surface area contributed by atoms with Crippen molar-refractivity contribution in [2.75, 3.05) is 38.2 Å². The molecular formula is C21H21ClN4O3S. The molecule has 1 aliphatic rings. The first-order chi connectivity index (χ1) is 14.6. The number of anilines is 1. The maximum absolute atomic E-state index is 13.0. The van der Waals surface area contributed by atoms with Crippen molar-refractivity contribution < 1.29 is 14.3 Å². The van der Waals surface area contributed by atoms with E-state index in [2.05, 4.69) is 14.9 Å². The Labute approximate surface area is 183 Å². The molecule has 0 spiro atoms. The molecule has 1 saturated heterocycles. The van der Waals surface area contributed by atoms with E-state index in [4.69, 9.17) is 21.1 Å². The number of halogens is 1. The molecule has 0 radical (unpaired) electrons. The molecule has 3 aromatic rings. The molecule has 156 valence electrons. The van der Waals surface area contributed by atoms with Crippen molar-refractivity contribution in [1.82, 2.24) is 14.9 Å². The van der Waals surface area contributed by atoms with Gasteiger partial charge in [0, 0.05) is 43.3 Å². The summed E-state index contributed by atoms with van der Waals surface area (Å²) in [4.78, 5) is 25.5. The van der Waals surface area contributed by atoms with E-state index < -0.39 is 0 Å². The zero-order valence-corrected chi connectivity index (χ0v) is 18.0. The Morgan fingerprint density at radius 2 is 1.97 bits per heavy atom. The van der Waals surface area contributed by atoms with Crippen molar-refractivity contribution in [2.45, 2.75) is 6.61 Å². The maximum Gasteiger partial charge on any atom is 0.254 e. The van der Waals surface area contributed by atoms with Crippen LogP contribution in [0.3, 0.4) is 0 Å². The predicted molar refractivity (Wildman–Crippen MR) is 117 cm³/mol. The van der Waals surface area contributed by atoms with Crippen molar-refractivity contribution in [3.05, 3.63) is 63.7 Å². The second-order valence-electron chi connectivity index (χ2n) is 6.75. The Bertz CT molecular complexity index is 990. The minimum absolute atomic E-state index is 0.0249. The van der Waals surface area contributed by atoms with Gasteiger partial charge in [-0.2, -0.15) is 0 Å². The van der Waals surface area contributed by atoms with Crippen LogP contribution in [0.4, 0.5) is 5.82 Å². The average Bonchev–Trinajstić information content (AvgIpc) is 3.31. The van der Waals surface area contributed by atoms with Crippen LogP contribution in [0.2, 0.25) is 5.02 Å². The normalized spacial score (nSPS) is 13.9. The predicted octanol–water partition coefficient (Wildman–Crippen LogP) is 3.74. The highest BCUT2D eigenvalue weighted by atomic mass is 35.5. The number of hydrogen-bond donors (Lipinski definition) is 0. The van der Waals surface area contributed by atoms with Crippen molar-refractivity contribution in [2.24, 2.45) is 0 Å². The Morgan fingerprint density at radius 3 is 2.63 bits per heavy atom. The molecule has 0 N–H and O–H groups in total. The molecule has 0 unspecified atom stereocenters. The summed E-state index contributed by atoms with van der Waals surface area (Å²) in [5.74, 6) is 1.96. The van der Waals surface area contributed by atoms with Crippen molar-refractivity contribution in [1.29, 1.82) is 0 Å². The number of hydrogen-bond acceptors (Lipinski definition) is 7. The van der Waals surface area contributed by atoms with E-state index in [1.165, 1.54) is 11.3 Å². The number of amides is 1. The number of ether oxygens (including phenoxy) is 2. The van der Waals surface area contributed by atoms with Crippen LogP contribution in [0.5, 0.6) is 11.5 Å². The molecule has 0 bridgehead atoms. The first-order valence-electron chi connectivity index (χ1n) is 9.48. The Hall–Kier alpha value is -2.84. The van der Waals surface area contributed by atoms with Crippen LogP contribution in [0.25, 0.3) is 0 Å².